The molecule has 94 valence electrons. The summed E-state index contributed by atoms with van der Waals surface area (Å²) >= 11 is 3.35. The Bertz CT molecular complexity index is 380. The van der Waals surface area contributed by atoms with E-state index in [4.69, 9.17) is 0 Å². The van der Waals surface area contributed by atoms with E-state index in [0.29, 0.717) is 5.56 Å². The third-order valence-corrected chi connectivity index (χ3v) is 3.81. The van der Waals surface area contributed by atoms with Gasteiger partial charge in [-0.2, -0.15) is 0 Å². The Labute approximate surface area is 110 Å². The van der Waals surface area contributed by atoms with Crippen molar-refractivity contribution in [2.45, 2.75) is 25.3 Å². The highest BCUT2D eigenvalue weighted by atomic mass is 79.9. The highest BCUT2D eigenvalue weighted by Crippen LogP contribution is 2.28. The SMILES string of the molecule is OCC(c1cc(Br)ccc1F)N1CCCCC1. The molecule has 1 unspecified atom stereocenters. The summed E-state index contributed by atoms with van der Waals surface area (Å²) in [5, 5.41) is 9.52. The topological polar surface area (TPSA) is 23.5 Å². The van der Waals surface area contributed by atoms with Gasteiger partial charge in [-0.25, -0.2) is 4.39 Å². The van der Waals surface area contributed by atoms with E-state index >= 15 is 0 Å². The first-order valence-electron chi connectivity index (χ1n) is 6.02. The summed E-state index contributed by atoms with van der Waals surface area (Å²) in [6.07, 6.45) is 3.49. The number of likely N-dealkylation sites (tertiary alicyclic amines) is 1. The van der Waals surface area contributed by atoms with Crippen LogP contribution in [0.25, 0.3) is 0 Å². The summed E-state index contributed by atoms with van der Waals surface area (Å²) in [7, 11) is 0. The molecule has 17 heavy (non-hydrogen) atoms. The molecule has 0 amide bonds. The van der Waals surface area contributed by atoms with Crippen LogP contribution in [-0.2, 0) is 0 Å². The molecule has 2 rings (SSSR count). The molecule has 0 bridgehead atoms. The Morgan fingerprint density at radius 1 is 1.29 bits per heavy atom. The molecule has 0 aromatic heterocycles. The van der Waals surface area contributed by atoms with Crippen molar-refractivity contribution in [3.63, 3.8) is 0 Å². The zero-order chi connectivity index (χ0) is 12.3. The van der Waals surface area contributed by atoms with Crippen LogP contribution in [0.5, 0.6) is 0 Å². The first kappa shape index (κ1) is 13.0. The lowest BCUT2D eigenvalue weighted by molar-refractivity contribution is 0.102. The quantitative estimate of drug-likeness (QED) is 0.927. The standard InChI is InChI=1S/C13H17BrFNO/c14-10-4-5-12(15)11(8-10)13(9-17)16-6-2-1-3-7-16/h4-5,8,13,17H,1-3,6-7,9H2. The van der Waals surface area contributed by atoms with Crippen LogP contribution >= 0.6 is 15.9 Å². The molecule has 1 atom stereocenters. The zero-order valence-electron chi connectivity index (χ0n) is 9.70. The van der Waals surface area contributed by atoms with Gasteiger partial charge in [-0.3, -0.25) is 4.90 Å². The summed E-state index contributed by atoms with van der Waals surface area (Å²) in [5.41, 5.74) is 0.587. The van der Waals surface area contributed by atoms with Crippen molar-refractivity contribution in [3.8, 4) is 0 Å². The maximum absolute atomic E-state index is 13.8. The second-order valence-corrected chi connectivity index (χ2v) is 5.38. The predicted octanol–water partition coefficient (Wildman–Crippen LogP) is 3.11. The maximum Gasteiger partial charge on any atom is 0.128 e. The number of piperidine rings is 1. The van der Waals surface area contributed by atoms with Crippen LogP contribution in [0.15, 0.2) is 22.7 Å². The molecule has 1 heterocycles. The first-order chi connectivity index (χ1) is 8.22. The van der Waals surface area contributed by atoms with Gasteiger partial charge in [0.05, 0.1) is 12.6 Å². The number of hydrogen-bond acceptors (Lipinski definition) is 2. The highest BCUT2D eigenvalue weighted by Gasteiger charge is 2.24. The number of halogens is 2. The molecule has 0 aliphatic carbocycles. The fraction of sp³-hybridized carbons (Fsp3) is 0.538. The fourth-order valence-corrected chi connectivity index (χ4v) is 2.79. The van der Waals surface area contributed by atoms with Gasteiger partial charge in [0.2, 0.25) is 0 Å². The van der Waals surface area contributed by atoms with E-state index in [9.17, 15) is 9.50 Å². The molecule has 1 aromatic rings. The van der Waals surface area contributed by atoms with E-state index in [1.807, 2.05) is 0 Å². The highest BCUT2D eigenvalue weighted by molar-refractivity contribution is 9.10. The molecule has 2 nitrogen and oxygen atoms in total. The van der Waals surface area contributed by atoms with Crippen molar-refractivity contribution in [2.24, 2.45) is 0 Å². The molecule has 1 saturated heterocycles. The van der Waals surface area contributed by atoms with E-state index in [2.05, 4.69) is 20.8 Å². The molecule has 0 radical (unpaired) electrons. The smallest absolute Gasteiger partial charge is 0.128 e. The van der Waals surface area contributed by atoms with Crippen molar-refractivity contribution < 1.29 is 9.50 Å². The number of aliphatic hydroxyl groups is 1. The third kappa shape index (κ3) is 3.06. The number of rotatable bonds is 3. The lowest BCUT2D eigenvalue weighted by Gasteiger charge is -2.33. The Kier molecular flexibility index (Phi) is 4.54. The van der Waals surface area contributed by atoms with Gasteiger partial charge in [-0.1, -0.05) is 22.4 Å². The molecule has 1 fully saturated rings. The molecule has 0 spiro atoms. The van der Waals surface area contributed by atoms with Crippen molar-refractivity contribution in [1.82, 2.24) is 4.90 Å². The molecule has 1 aliphatic rings. The molecule has 1 aromatic carbocycles. The van der Waals surface area contributed by atoms with Gasteiger partial charge in [0.15, 0.2) is 0 Å². The summed E-state index contributed by atoms with van der Waals surface area (Å²) in [6, 6.07) is 4.69. The van der Waals surface area contributed by atoms with Crippen LogP contribution in [0, 0.1) is 5.82 Å². The molecule has 1 N–H and O–H groups in total. The lowest BCUT2D eigenvalue weighted by Crippen LogP contribution is -2.36. The van der Waals surface area contributed by atoms with Crippen LogP contribution in [0.2, 0.25) is 0 Å². The van der Waals surface area contributed by atoms with Gasteiger partial charge >= 0.3 is 0 Å². The number of aliphatic hydroxyl groups excluding tert-OH is 1. The number of nitrogens with zero attached hydrogens (tertiary/aromatic N) is 1. The number of benzene rings is 1. The zero-order valence-corrected chi connectivity index (χ0v) is 11.3. The summed E-state index contributed by atoms with van der Waals surface area (Å²) in [5.74, 6) is -0.238. The fourth-order valence-electron chi connectivity index (χ4n) is 2.41. The summed E-state index contributed by atoms with van der Waals surface area (Å²) in [6.45, 7) is 1.85. The predicted molar refractivity (Wildman–Crippen MR) is 69.4 cm³/mol. The Hall–Kier alpha value is -0.450. The molecule has 0 saturated carbocycles. The van der Waals surface area contributed by atoms with Crippen molar-refractivity contribution in [2.75, 3.05) is 19.7 Å². The van der Waals surface area contributed by atoms with Gasteiger partial charge in [0.25, 0.3) is 0 Å². The Morgan fingerprint density at radius 2 is 2.00 bits per heavy atom. The molecule has 1 aliphatic heterocycles. The minimum atomic E-state index is -0.238. The van der Waals surface area contributed by atoms with Crippen LogP contribution in [0.4, 0.5) is 4.39 Å². The summed E-state index contributed by atoms with van der Waals surface area (Å²) in [4.78, 5) is 2.17. The van der Waals surface area contributed by atoms with Crippen LogP contribution in [0.3, 0.4) is 0 Å². The monoisotopic (exact) mass is 301 g/mol. The normalized spacial score (nSPS) is 19.2. The van der Waals surface area contributed by atoms with Gasteiger partial charge in [-0.15, -0.1) is 0 Å². The Balaban J connectivity index is 2.24. The van der Waals surface area contributed by atoms with Gasteiger partial charge in [-0.05, 0) is 44.1 Å². The second-order valence-electron chi connectivity index (χ2n) is 4.46. The maximum atomic E-state index is 13.8. The number of hydrogen-bond donors (Lipinski definition) is 1. The van der Waals surface area contributed by atoms with E-state index in [1.54, 1.807) is 12.1 Å². The average Bonchev–Trinajstić information content (AvgIpc) is 2.36. The molecular weight excluding hydrogens is 285 g/mol. The van der Waals surface area contributed by atoms with Crippen LogP contribution < -0.4 is 0 Å². The van der Waals surface area contributed by atoms with Gasteiger partial charge in [0.1, 0.15) is 5.82 Å². The van der Waals surface area contributed by atoms with Crippen molar-refractivity contribution >= 4 is 15.9 Å². The molecular formula is C13H17BrFNO. The van der Waals surface area contributed by atoms with E-state index < -0.39 is 0 Å². The van der Waals surface area contributed by atoms with Crippen molar-refractivity contribution in [3.05, 3.63) is 34.1 Å². The Morgan fingerprint density at radius 3 is 2.65 bits per heavy atom. The first-order valence-corrected chi connectivity index (χ1v) is 6.81. The average molecular weight is 302 g/mol. The lowest BCUT2D eigenvalue weighted by atomic mass is 10.0. The third-order valence-electron chi connectivity index (χ3n) is 3.32. The van der Waals surface area contributed by atoms with E-state index in [-0.39, 0.29) is 18.5 Å². The second kappa shape index (κ2) is 5.94. The van der Waals surface area contributed by atoms with E-state index in [0.717, 1.165) is 30.4 Å². The minimum absolute atomic E-state index is 0.0344. The van der Waals surface area contributed by atoms with Crippen LogP contribution in [0.1, 0.15) is 30.9 Å². The van der Waals surface area contributed by atoms with E-state index in [1.165, 1.54) is 12.5 Å². The van der Waals surface area contributed by atoms with Crippen LogP contribution in [-0.4, -0.2) is 29.7 Å². The largest absolute Gasteiger partial charge is 0.394 e. The minimum Gasteiger partial charge on any atom is -0.394 e. The summed E-state index contributed by atoms with van der Waals surface area (Å²) < 4.78 is 14.7. The van der Waals surface area contributed by atoms with Gasteiger partial charge < -0.3 is 5.11 Å². The van der Waals surface area contributed by atoms with Gasteiger partial charge in [0, 0.05) is 10.0 Å². The molecule has 4 heteroatoms. The van der Waals surface area contributed by atoms with Crippen molar-refractivity contribution in [1.29, 1.82) is 0 Å².